The van der Waals surface area contributed by atoms with Gasteiger partial charge in [-0.3, -0.25) is 4.90 Å². The fraction of sp³-hybridized carbons (Fsp3) is 0.438. The Balaban J connectivity index is 1.69. The van der Waals surface area contributed by atoms with Crippen LogP contribution in [0.4, 0.5) is 0 Å². The Morgan fingerprint density at radius 1 is 1.48 bits per heavy atom. The van der Waals surface area contributed by atoms with Gasteiger partial charge in [-0.05, 0) is 38.4 Å². The van der Waals surface area contributed by atoms with Crippen molar-refractivity contribution in [1.29, 1.82) is 0 Å². The molecular formula is C16H19N3O2. The SMILES string of the molecule is Cc1cccc(-c2nc(CN3CCCC(C=O)C3)no2)c1. The minimum absolute atomic E-state index is 0.141. The van der Waals surface area contributed by atoms with Crippen molar-refractivity contribution in [2.24, 2.45) is 5.92 Å². The maximum Gasteiger partial charge on any atom is 0.257 e. The number of likely N-dealkylation sites (tertiary alicyclic amines) is 1. The van der Waals surface area contributed by atoms with E-state index in [1.807, 2.05) is 31.2 Å². The molecule has 0 saturated carbocycles. The summed E-state index contributed by atoms with van der Waals surface area (Å²) in [5.41, 5.74) is 2.11. The number of carbonyl (C=O) groups excluding carboxylic acids is 1. The highest BCUT2D eigenvalue weighted by atomic mass is 16.5. The van der Waals surface area contributed by atoms with Gasteiger partial charge >= 0.3 is 0 Å². The molecule has 1 unspecified atom stereocenters. The van der Waals surface area contributed by atoms with E-state index in [2.05, 4.69) is 15.0 Å². The van der Waals surface area contributed by atoms with Crippen molar-refractivity contribution in [3.8, 4) is 11.5 Å². The van der Waals surface area contributed by atoms with Crippen LogP contribution in [0.25, 0.3) is 11.5 Å². The average Bonchev–Trinajstić information content (AvgIpc) is 2.96. The van der Waals surface area contributed by atoms with Gasteiger partial charge in [0.25, 0.3) is 5.89 Å². The van der Waals surface area contributed by atoms with Gasteiger partial charge in [0.1, 0.15) is 6.29 Å². The molecule has 2 heterocycles. The molecule has 5 nitrogen and oxygen atoms in total. The van der Waals surface area contributed by atoms with Crippen molar-refractivity contribution in [2.45, 2.75) is 26.3 Å². The van der Waals surface area contributed by atoms with Crippen LogP contribution in [0.5, 0.6) is 0 Å². The fourth-order valence-corrected chi connectivity index (χ4v) is 2.76. The molecule has 0 amide bonds. The Bertz CT molecular complexity index is 623. The van der Waals surface area contributed by atoms with Gasteiger partial charge in [-0.1, -0.05) is 22.9 Å². The molecule has 0 aliphatic carbocycles. The van der Waals surface area contributed by atoms with E-state index < -0.39 is 0 Å². The van der Waals surface area contributed by atoms with Crippen LogP contribution in [0, 0.1) is 12.8 Å². The Morgan fingerprint density at radius 3 is 3.19 bits per heavy atom. The summed E-state index contributed by atoms with van der Waals surface area (Å²) >= 11 is 0. The van der Waals surface area contributed by atoms with Crippen LogP contribution < -0.4 is 0 Å². The van der Waals surface area contributed by atoms with E-state index in [4.69, 9.17) is 4.52 Å². The molecule has 1 atom stereocenters. The lowest BCUT2D eigenvalue weighted by Crippen LogP contribution is -2.35. The summed E-state index contributed by atoms with van der Waals surface area (Å²) in [6, 6.07) is 8.01. The van der Waals surface area contributed by atoms with Crippen molar-refractivity contribution in [3.05, 3.63) is 35.7 Å². The fourth-order valence-electron chi connectivity index (χ4n) is 2.76. The Kier molecular flexibility index (Phi) is 4.10. The Morgan fingerprint density at radius 2 is 2.38 bits per heavy atom. The normalized spacial score (nSPS) is 19.6. The monoisotopic (exact) mass is 285 g/mol. The molecule has 5 heteroatoms. The highest BCUT2D eigenvalue weighted by Crippen LogP contribution is 2.20. The van der Waals surface area contributed by atoms with E-state index in [1.165, 1.54) is 0 Å². The lowest BCUT2D eigenvalue weighted by atomic mass is 10.00. The molecular weight excluding hydrogens is 266 g/mol. The van der Waals surface area contributed by atoms with Gasteiger partial charge in [-0.2, -0.15) is 4.98 Å². The number of aromatic nitrogens is 2. The zero-order valence-electron chi connectivity index (χ0n) is 12.2. The van der Waals surface area contributed by atoms with Crippen molar-refractivity contribution < 1.29 is 9.32 Å². The summed E-state index contributed by atoms with van der Waals surface area (Å²) in [7, 11) is 0. The van der Waals surface area contributed by atoms with E-state index in [0.717, 1.165) is 43.3 Å². The van der Waals surface area contributed by atoms with Crippen LogP contribution >= 0.6 is 0 Å². The summed E-state index contributed by atoms with van der Waals surface area (Å²) in [5, 5.41) is 4.05. The van der Waals surface area contributed by atoms with Gasteiger partial charge in [0.2, 0.25) is 0 Å². The van der Waals surface area contributed by atoms with Crippen LogP contribution in [-0.4, -0.2) is 34.4 Å². The maximum atomic E-state index is 10.9. The molecule has 0 N–H and O–H groups in total. The highest BCUT2D eigenvalue weighted by molar-refractivity contribution is 5.54. The molecule has 1 fully saturated rings. The minimum atomic E-state index is 0.141. The summed E-state index contributed by atoms with van der Waals surface area (Å²) in [6.07, 6.45) is 3.09. The summed E-state index contributed by atoms with van der Waals surface area (Å²) in [5.74, 6) is 1.37. The zero-order chi connectivity index (χ0) is 14.7. The van der Waals surface area contributed by atoms with E-state index in [9.17, 15) is 4.79 Å². The lowest BCUT2D eigenvalue weighted by Gasteiger charge is -2.28. The second-order valence-corrected chi connectivity index (χ2v) is 5.66. The van der Waals surface area contributed by atoms with Crippen molar-refractivity contribution in [2.75, 3.05) is 13.1 Å². The first-order chi connectivity index (χ1) is 10.2. The summed E-state index contributed by atoms with van der Waals surface area (Å²) in [6.45, 7) is 4.45. The third kappa shape index (κ3) is 3.36. The predicted octanol–water partition coefficient (Wildman–Crippen LogP) is 2.46. The number of aldehydes is 1. The van der Waals surface area contributed by atoms with E-state index in [1.54, 1.807) is 0 Å². The highest BCUT2D eigenvalue weighted by Gasteiger charge is 2.21. The van der Waals surface area contributed by atoms with Gasteiger partial charge in [0.05, 0.1) is 6.54 Å². The Hall–Kier alpha value is -2.01. The first-order valence-corrected chi connectivity index (χ1v) is 7.32. The molecule has 0 spiro atoms. The molecule has 1 aliphatic rings. The van der Waals surface area contributed by atoms with Crippen LogP contribution in [0.2, 0.25) is 0 Å². The smallest absolute Gasteiger partial charge is 0.257 e. The van der Waals surface area contributed by atoms with Crippen LogP contribution in [-0.2, 0) is 11.3 Å². The number of hydrogen-bond donors (Lipinski definition) is 0. The van der Waals surface area contributed by atoms with Crippen LogP contribution in [0.3, 0.4) is 0 Å². The molecule has 3 rings (SSSR count). The molecule has 0 bridgehead atoms. The molecule has 1 saturated heterocycles. The van der Waals surface area contributed by atoms with Gasteiger partial charge in [-0.25, -0.2) is 0 Å². The van der Waals surface area contributed by atoms with E-state index >= 15 is 0 Å². The number of rotatable bonds is 4. The van der Waals surface area contributed by atoms with Gasteiger partial charge in [0, 0.05) is 18.0 Å². The van der Waals surface area contributed by atoms with Gasteiger partial charge in [-0.15, -0.1) is 0 Å². The second kappa shape index (κ2) is 6.18. The topological polar surface area (TPSA) is 59.2 Å². The maximum absolute atomic E-state index is 10.9. The number of aryl methyl sites for hydroxylation is 1. The average molecular weight is 285 g/mol. The predicted molar refractivity (Wildman–Crippen MR) is 78.5 cm³/mol. The van der Waals surface area contributed by atoms with E-state index in [0.29, 0.717) is 18.3 Å². The number of benzene rings is 1. The standard InChI is InChI=1S/C16H19N3O2/c1-12-4-2-6-14(8-12)16-17-15(18-21-16)10-19-7-3-5-13(9-19)11-20/h2,4,6,8,11,13H,3,5,7,9-10H2,1H3. The zero-order valence-corrected chi connectivity index (χ0v) is 12.2. The first-order valence-electron chi connectivity index (χ1n) is 7.32. The minimum Gasteiger partial charge on any atom is -0.334 e. The van der Waals surface area contributed by atoms with Crippen LogP contribution in [0.15, 0.2) is 28.8 Å². The number of carbonyl (C=O) groups is 1. The summed E-state index contributed by atoms with van der Waals surface area (Å²) < 4.78 is 5.34. The number of nitrogens with zero attached hydrogens (tertiary/aromatic N) is 3. The third-order valence-corrected chi connectivity index (χ3v) is 3.83. The second-order valence-electron chi connectivity index (χ2n) is 5.66. The summed E-state index contributed by atoms with van der Waals surface area (Å²) in [4.78, 5) is 17.6. The van der Waals surface area contributed by atoms with Crippen molar-refractivity contribution in [3.63, 3.8) is 0 Å². The van der Waals surface area contributed by atoms with Crippen molar-refractivity contribution >= 4 is 6.29 Å². The number of piperidine rings is 1. The molecule has 110 valence electrons. The largest absolute Gasteiger partial charge is 0.334 e. The molecule has 1 aromatic carbocycles. The number of hydrogen-bond acceptors (Lipinski definition) is 5. The molecule has 2 aromatic rings. The van der Waals surface area contributed by atoms with Gasteiger partial charge in [0.15, 0.2) is 5.82 Å². The molecule has 21 heavy (non-hydrogen) atoms. The van der Waals surface area contributed by atoms with E-state index in [-0.39, 0.29) is 5.92 Å². The molecule has 1 aliphatic heterocycles. The Labute approximate surface area is 124 Å². The van der Waals surface area contributed by atoms with Gasteiger partial charge < -0.3 is 9.32 Å². The lowest BCUT2D eigenvalue weighted by molar-refractivity contribution is -0.112. The van der Waals surface area contributed by atoms with Crippen LogP contribution in [0.1, 0.15) is 24.2 Å². The molecule has 1 aromatic heterocycles. The quantitative estimate of drug-likeness (QED) is 0.808. The first kappa shape index (κ1) is 13.9. The van der Waals surface area contributed by atoms with Crippen molar-refractivity contribution in [1.82, 2.24) is 15.0 Å². The third-order valence-electron chi connectivity index (χ3n) is 3.83. The molecule has 0 radical (unpaired) electrons.